The van der Waals surface area contributed by atoms with Crippen LogP contribution in [0.15, 0.2) is 48.6 Å². The van der Waals surface area contributed by atoms with Gasteiger partial charge >= 0.3 is 0 Å². The Morgan fingerprint density at radius 3 is 1.23 bits per heavy atom. The molecule has 21 nitrogen and oxygen atoms in total. The normalized spacial score (nSPS) is 53.2. The predicted octanol–water partition coefficient (Wildman–Crippen LogP) is 9.60. The van der Waals surface area contributed by atoms with E-state index in [4.69, 9.17) is 75.8 Å². The van der Waals surface area contributed by atoms with Crippen molar-refractivity contribution in [2.45, 2.75) is 403 Å². The Morgan fingerprint density at radius 2 is 0.784 bits per heavy atom. The Morgan fingerprint density at radius 1 is 0.392 bits per heavy atom. The van der Waals surface area contributed by atoms with Gasteiger partial charge < -0.3 is 91.1 Å². The van der Waals surface area contributed by atoms with Crippen LogP contribution in [0.5, 0.6) is 0 Å². The summed E-state index contributed by atoms with van der Waals surface area (Å²) in [6.45, 7) is 28.3. The summed E-state index contributed by atoms with van der Waals surface area (Å²) in [6, 6.07) is 0. The molecule has 38 atom stereocenters. The molecule has 568 valence electrons. The van der Waals surface area contributed by atoms with Gasteiger partial charge in [0.05, 0.1) is 129 Å². The van der Waals surface area contributed by atoms with Crippen molar-refractivity contribution < 1.29 is 101 Å². The number of ketones is 2. The summed E-state index contributed by atoms with van der Waals surface area (Å²) in [6.07, 6.45) is 13.5. The molecule has 21 heteroatoms. The van der Waals surface area contributed by atoms with Crippen LogP contribution in [0.25, 0.3) is 0 Å². The highest BCUT2D eigenvalue weighted by molar-refractivity contribution is 5.79. The molecule has 20 rings (SSSR count). The summed E-state index contributed by atoms with van der Waals surface area (Å²) in [5, 5.41) is 30.6. The first-order valence-electron chi connectivity index (χ1n) is 40.4. The summed E-state index contributed by atoms with van der Waals surface area (Å²) < 4.78 is 108. The third kappa shape index (κ3) is 13.9. The van der Waals surface area contributed by atoms with Gasteiger partial charge in [0.15, 0.2) is 11.6 Å². The Hall–Kier alpha value is -2.46. The van der Waals surface area contributed by atoms with Gasteiger partial charge in [-0.1, -0.05) is 60.9 Å². The van der Waals surface area contributed by atoms with Crippen molar-refractivity contribution in [2.24, 2.45) is 35.5 Å². The Balaban J connectivity index is 0.000000152. The monoisotopic (exact) mass is 1430 g/mol. The molecule has 0 aromatic rings. The van der Waals surface area contributed by atoms with E-state index in [0.717, 1.165) is 119 Å². The van der Waals surface area contributed by atoms with Crippen LogP contribution in [0, 0.1) is 35.5 Å². The quantitative estimate of drug-likeness (QED) is 0.210. The fraction of sp³-hybridized carbons (Fsp3) is 0.877. The van der Waals surface area contributed by atoms with Crippen LogP contribution >= 0.6 is 0 Å². The van der Waals surface area contributed by atoms with Gasteiger partial charge in [0, 0.05) is 70.6 Å². The topological polar surface area (TPSA) is 243 Å². The van der Waals surface area contributed by atoms with Crippen LogP contribution in [0.1, 0.15) is 208 Å². The van der Waals surface area contributed by atoms with Crippen LogP contribution < -0.4 is 0 Å². The molecule has 0 aliphatic carbocycles. The molecule has 20 saturated heterocycles. The lowest BCUT2D eigenvalue weighted by Crippen LogP contribution is -2.61. The van der Waals surface area contributed by atoms with E-state index in [0.29, 0.717) is 88.9 Å². The maximum absolute atomic E-state index is 14.0. The first-order valence-corrected chi connectivity index (χ1v) is 40.4. The number of fused-ring (bicyclic) bond motifs is 12. The third-order valence-corrected chi connectivity index (χ3v) is 28.5. The SMILES string of the molecule is C=C1C[C@@H]2CC[C@@]34C[C@H]5O[C@H]6[C@@H](O3)[C@H]3OC(CC[C@@H]3O[C@H]6[C@H]5O4)CC(=O)C[C@@H]3[C@@H](C)[C@@H](C[C@H](O)CC)O[C@H]3CC3O[C@@H](CCC1O2)C[C@@H](C)C3=C.C=C1C[C@@H]2CC[C@@]34C[C@H]5O[C@H]6[C@@H](O3)[C@H]3OC(CC[C@@H]3O[C@H]6[C@H]5O4)CC(=O)C[C@@H]3[C@@H](C)[C@@H](C[C@H](O)CO)O[C@H]3CC3O[C@@H](CCC1O2)C[C@@H](C)C3=C. The highest BCUT2D eigenvalue weighted by Gasteiger charge is 2.71. The van der Waals surface area contributed by atoms with Crippen molar-refractivity contribution in [1.82, 2.24) is 0 Å². The zero-order valence-corrected chi connectivity index (χ0v) is 61.1. The van der Waals surface area contributed by atoms with Crippen molar-refractivity contribution in [3.63, 3.8) is 0 Å². The van der Waals surface area contributed by atoms with Crippen molar-refractivity contribution in [3.8, 4) is 0 Å². The molecule has 20 heterocycles. The minimum atomic E-state index is -0.872. The van der Waals surface area contributed by atoms with Gasteiger partial charge in [-0.3, -0.25) is 9.59 Å². The molecule has 2 spiro atoms. The lowest BCUT2D eigenvalue weighted by Gasteiger charge is -2.47. The number of hydrogen-bond donors (Lipinski definition) is 3. The minimum absolute atomic E-state index is 0.00894. The molecule has 20 aliphatic rings. The van der Waals surface area contributed by atoms with Crippen LogP contribution in [0.2, 0.25) is 0 Å². The van der Waals surface area contributed by atoms with Gasteiger partial charge in [-0.05, 0) is 161 Å². The molecule has 24 bridgehead atoms. The van der Waals surface area contributed by atoms with Gasteiger partial charge in [-0.15, -0.1) is 0 Å². The number of ether oxygens (including phenoxy) is 16. The van der Waals surface area contributed by atoms with Crippen molar-refractivity contribution >= 4 is 11.6 Å². The highest BCUT2D eigenvalue weighted by atomic mass is 16.8. The summed E-state index contributed by atoms with van der Waals surface area (Å²) in [5.74, 6) is -0.444. The first kappa shape index (κ1) is 72.4. The first-order chi connectivity index (χ1) is 49.1. The van der Waals surface area contributed by atoms with E-state index in [-0.39, 0.29) is 213 Å². The summed E-state index contributed by atoms with van der Waals surface area (Å²) >= 11 is 0. The van der Waals surface area contributed by atoms with E-state index in [1.165, 1.54) is 0 Å². The molecule has 20 aliphatic heterocycles. The van der Waals surface area contributed by atoms with E-state index in [1.807, 2.05) is 6.92 Å². The molecule has 6 unspecified atom stereocenters. The molecule has 0 aromatic carbocycles. The molecular weight excluding hydrogens is 1310 g/mol. The second-order valence-corrected chi connectivity index (χ2v) is 35.3. The van der Waals surface area contributed by atoms with Crippen molar-refractivity contribution in [2.75, 3.05) is 6.61 Å². The molecule has 3 N–H and O–H groups in total. The third-order valence-electron chi connectivity index (χ3n) is 28.5. The van der Waals surface area contributed by atoms with Gasteiger partial charge in [0.25, 0.3) is 0 Å². The van der Waals surface area contributed by atoms with Crippen LogP contribution in [-0.2, 0) is 85.4 Å². The molecular formula is C81H118O21. The minimum Gasteiger partial charge on any atom is -0.394 e. The van der Waals surface area contributed by atoms with E-state index >= 15 is 0 Å². The maximum Gasteiger partial charge on any atom is 0.172 e. The summed E-state index contributed by atoms with van der Waals surface area (Å²) in [4.78, 5) is 28.0. The van der Waals surface area contributed by atoms with Crippen LogP contribution in [0.4, 0.5) is 0 Å². The van der Waals surface area contributed by atoms with E-state index in [9.17, 15) is 24.9 Å². The largest absolute Gasteiger partial charge is 0.394 e. The van der Waals surface area contributed by atoms with Crippen molar-refractivity contribution in [3.05, 3.63) is 48.6 Å². The molecule has 102 heavy (non-hydrogen) atoms. The number of Topliss-reactive ketones (excluding diaryl/α,β-unsaturated/α-hetero) is 2. The van der Waals surface area contributed by atoms with E-state index in [1.54, 1.807) is 0 Å². The van der Waals surface area contributed by atoms with Gasteiger partial charge in [0.1, 0.15) is 72.6 Å². The smallest absolute Gasteiger partial charge is 0.172 e. The lowest BCUT2D eigenvalue weighted by atomic mass is 9.78. The van der Waals surface area contributed by atoms with Crippen LogP contribution in [-0.4, -0.2) is 228 Å². The van der Waals surface area contributed by atoms with E-state index in [2.05, 4.69) is 54.0 Å². The Labute approximate surface area is 603 Å². The molecule has 0 aromatic heterocycles. The van der Waals surface area contributed by atoms with E-state index < -0.39 is 23.8 Å². The molecule has 20 fully saturated rings. The zero-order valence-electron chi connectivity index (χ0n) is 61.1. The fourth-order valence-electron chi connectivity index (χ4n) is 22.6. The lowest BCUT2D eigenvalue weighted by molar-refractivity contribution is -0.292. The van der Waals surface area contributed by atoms with Gasteiger partial charge in [-0.2, -0.15) is 0 Å². The fourth-order valence-corrected chi connectivity index (χ4v) is 22.6. The molecule has 0 saturated carbocycles. The number of aliphatic hydroxyl groups excluding tert-OH is 3. The summed E-state index contributed by atoms with van der Waals surface area (Å²) in [5.41, 5.74) is 4.49. The molecule has 0 amide bonds. The Kier molecular flexibility index (Phi) is 20.6. The van der Waals surface area contributed by atoms with Gasteiger partial charge in [0.2, 0.25) is 0 Å². The number of carbonyl (C=O) groups is 2. The van der Waals surface area contributed by atoms with Gasteiger partial charge in [-0.25, -0.2) is 0 Å². The Bertz CT molecular complexity index is 2910. The number of aliphatic hydroxyl groups is 3. The second-order valence-electron chi connectivity index (χ2n) is 35.3. The number of hydrogen-bond acceptors (Lipinski definition) is 21. The standard InChI is InChI=1S/C41H60O10.C40H58O11/c1-6-24(42)17-32-23(5)29-16-25(43)15-27-8-10-31-36(46-27)40-39-38(48-31)37-35(49-39)19-41(50-37,51-40)12-11-28-14-21(3)30(44-28)9-7-26-13-20(2)22(4)33(45-26)18-34(29)47-32;1-19-11-25-5-7-29-20(2)12-27(44-29)9-10-40-17-34-36(50-40)37-38(49-34)39(51-40)35-30(48-37)8-6-26(46-35)13-23(42)14-28-22(4)31(15-24(43)18-41)47-33(28)16-32(45-25)21(19)3/h20,23-24,26-40,42H,3-4,6-19H2,1-2,5H3;19,22,24-39,41,43H,2-3,5-18H2,1,4H3/t20-,23-,24-,26+,27?,28+,29-,30?,31+,32-,33?,34+,35-,36+,37+,38+,39-,40+,41+;19-,22-,24+,25+,26?,27+,28-,29?,30+,31-,32?,33+,34-,35+,36+,37+,38-,39+,40+/m11/s1. The highest BCUT2D eigenvalue weighted by Crippen LogP contribution is 2.57. The van der Waals surface area contributed by atoms with Crippen LogP contribution in [0.3, 0.4) is 0 Å². The second kappa shape index (κ2) is 29.1. The molecule has 0 radical (unpaired) electrons. The number of rotatable bonds is 6. The predicted molar refractivity (Wildman–Crippen MR) is 369 cm³/mol. The zero-order chi connectivity index (χ0) is 70.4. The number of carbonyl (C=O) groups excluding carboxylic acids is 2. The average molecular weight is 1430 g/mol. The summed E-state index contributed by atoms with van der Waals surface area (Å²) in [7, 11) is 0. The average Bonchev–Trinajstić information content (AvgIpc) is 1.54. The van der Waals surface area contributed by atoms with Crippen molar-refractivity contribution in [1.29, 1.82) is 0 Å². The maximum atomic E-state index is 14.0.